The van der Waals surface area contributed by atoms with Gasteiger partial charge in [0.05, 0.1) is 22.5 Å². The Bertz CT molecular complexity index is 1380. The van der Waals surface area contributed by atoms with Crippen LogP contribution in [0, 0.1) is 0 Å². The van der Waals surface area contributed by atoms with Crippen molar-refractivity contribution in [3.8, 4) is 0 Å². The maximum absolute atomic E-state index is 13.4. The van der Waals surface area contributed by atoms with Crippen LogP contribution >= 0.6 is 0 Å². The van der Waals surface area contributed by atoms with Crippen LogP contribution in [0.25, 0.3) is 11.0 Å². The average Bonchev–Trinajstić information content (AvgIpc) is 3.39. The quantitative estimate of drug-likeness (QED) is 0.369. The smallest absolute Gasteiger partial charge is 0.449 e. The first kappa shape index (κ1) is 23.7. The first-order valence-electron chi connectivity index (χ1n) is 10.4. The highest BCUT2D eigenvalue weighted by atomic mass is 32.2. The van der Waals surface area contributed by atoms with Gasteiger partial charge in [-0.3, -0.25) is 13.9 Å². The van der Waals surface area contributed by atoms with Gasteiger partial charge in [0.25, 0.3) is 0 Å². The van der Waals surface area contributed by atoms with Gasteiger partial charge in [-0.25, -0.2) is 13.4 Å². The van der Waals surface area contributed by atoms with Gasteiger partial charge in [-0.05, 0) is 49.2 Å². The standard InChI is InChI=1S/C22H20F3N3O5S/c1-2-34(31,32)28-10-9-14-11-15(7-8-17(14)28)19(29)13-33-20(30)12-27-18-6-4-3-5-16(18)26-21(27)22(23,24)25/h3-8,11H,2,9-10,12-13H2,1H3. The number of imidazole rings is 1. The first-order valence-corrected chi connectivity index (χ1v) is 12.0. The lowest BCUT2D eigenvalue weighted by molar-refractivity contribution is -0.150. The number of halogens is 3. The highest BCUT2D eigenvalue weighted by molar-refractivity contribution is 7.92. The van der Waals surface area contributed by atoms with Crippen molar-refractivity contribution in [1.82, 2.24) is 9.55 Å². The van der Waals surface area contributed by atoms with Crippen LogP contribution in [0.15, 0.2) is 42.5 Å². The van der Waals surface area contributed by atoms with Crippen LogP contribution in [0.3, 0.4) is 0 Å². The predicted octanol–water partition coefficient (Wildman–Crippen LogP) is 3.19. The van der Waals surface area contributed by atoms with Crippen LogP contribution in [-0.2, 0) is 38.7 Å². The van der Waals surface area contributed by atoms with Crippen molar-refractivity contribution in [3.05, 3.63) is 59.4 Å². The Morgan fingerprint density at radius 1 is 1.15 bits per heavy atom. The molecule has 0 saturated heterocycles. The third-order valence-corrected chi connectivity index (χ3v) is 7.29. The number of anilines is 1. The molecule has 1 aliphatic rings. The number of sulfonamides is 1. The van der Waals surface area contributed by atoms with Crippen molar-refractivity contribution in [1.29, 1.82) is 0 Å². The molecule has 0 spiro atoms. The van der Waals surface area contributed by atoms with E-state index in [1.807, 2.05) is 0 Å². The lowest BCUT2D eigenvalue weighted by Gasteiger charge is -2.18. The number of carbonyl (C=O) groups is 2. The monoisotopic (exact) mass is 495 g/mol. The number of benzene rings is 2. The molecule has 0 aliphatic carbocycles. The van der Waals surface area contributed by atoms with E-state index >= 15 is 0 Å². The van der Waals surface area contributed by atoms with Gasteiger partial charge in [0.1, 0.15) is 6.54 Å². The number of fused-ring (bicyclic) bond motifs is 2. The second-order valence-corrected chi connectivity index (χ2v) is 9.84. The Morgan fingerprint density at radius 3 is 2.59 bits per heavy atom. The maximum Gasteiger partial charge on any atom is 0.449 e. The fraction of sp³-hybridized carbons (Fsp3) is 0.318. The summed E-state index contributed by atoms with van der Waals surface area (Å²) in [6.45, 7) is 0.390. The topological polar surface area (TPSA) is 98.6 Å². The summed E-state index contributed by atoms with van der Waals surface area (Å²) in [6, 6.07) is 10.4. The number of ether oxygens (including phenoxy) is 1. The predicted molar refractivity (Wildman–Crippen MR) is 117 cm³/mol. The van der Waals surface area contributed by atoms with Crippen molar-refractivity contribution in [3.63, 3.8) is 0 Å². The summed E-state index contributed by atoms with van der Waals surface area (Å²) in [4.78, 5) is 28.4. The molecule has 34 heavy (non-hydrogen) atoms. The Kier molecular flexibility index (Phi) is 6.11. The van der Waals surface area contributed by atoms with Crippen LogP contribution in [0.2, 0.25) is 0 Å². The first-order chi connectivity index (χ1) is 16.0. The van der Waals surface area contributed by atoms with Crippen molar-refractivity contribution in [2.75, 3.05) is 23.2 Å². The summed E-state index contributed by atoms with van der Waals surface area (Å²) in [6.07, 6.45) is -4.35. The summed E-state index contributed by atoms with van der Waals surface area (Å²) in [5.41, 5.74) is 1.58. The second-order valence-electron chi connectivity index (χ2n) is 7.66. The van der Waals surface area contributed by atoms with Crippen molar-refractivity contribution >= 4 is 38.5 Å². The number of alkyl halides is 3. The number of aromatic nitrogens is 2. The molecule has 0 unspecified atom stereocenters. The van der Waals surface area contributed by atoms with E-state index in [9.17, 15) is 31.2 Å². The third-order valence-electron chi connectivity index (χ3n) is 5.51. The van der Waals surface area contributed by atoms with Crippen LogP contribution in [0.4, 0.5) is 18.9 Å². The number of ketones is 1. The van der Waals surface area contributed by atoms with Crippen molar-refractivity contribution in [2.45, 2.75) is 26.1 Å². The van der Waals surface area contributed by atoms with Gasteiger partial charge in [-0.2, -0.15) is 13.2 Å². The molecule has 0 saturated carbocycles. The number of nitrogens with zero attached hydrogens (tertiary/aromatic N) is 3. The summed E-state index contributed by atoms with van der Waals surface area (Å²) >= 11 is 0. The van der Waals surface area contributed by atoms with E-state index in [0.29, 0.717) is 22.2 Å². The number of esters is 1. The summed E-state index contributed by atoms with van der Waals surface area (Å²) < 4.78 is 71.4. The molecule has 8 nitrogen and oxygen atoms in total. The molecule has 0 bridgehead atoms. The van der Waals surface area contributed by atoms with E-state index in [2.05, 4.69) is 4.98 Å². The van der Waals surface area contributed by atoms with Crippen molar-refractivity contribution < 1.29 is 35.9 Å². The Hall–Kier alpha value is -3.41. The van der Waals surface area contributed by atoms with Gasteiger partial charge in [-0.15, -0.1) is 0 Å². The minimum atomic E-state index is -4.78. The molecular formula is C22H20F3N3O5S. The molecule has 12 heteroatoms. The molecule has 3 aromatic rings. The average molecular weight is 495 g/mol. The number of hydrogen-bond acceptors (Lipinski definition) is 6. The van der Waals surface area contributed by atoms with Crippen LogP contribution in [-0.4, -0.2) is 48.6 Å². The third kappa shape index (κ3) is 4.49. The van der Waals surface area contributed by atoms with Crippen LogP contribution in [0.1, 0.15) is 28.7 Å². The second kappa shape index (κ2) is 8.75. The fourth-order valence-electron chi connectivity index (χ4n) is 3.85. The summed E-state index contributed by atoms with van der Waals surface area (Å²) in [5, 5.41) is 0. The van der Waals surface area contributed by atoms with Gasteiger partial charge in [0.2, 0.25) is 15.8 Å². The molecule has 1 aromatic heterocycles. The number of Topliss-reactive ketones (excluding diaryl/α,β-unsaturated/α-hetero) is 1. The van der Waals surface area contributed by atoms with Gasteiger partial charge in [0, 0.05) is 12.1 Å². The lowest BCUT2D eigenvalue weighted by atomic mass is 10.1. The normalized spacial score (nSPS) is 13.8. The Balaban J connectivity index is 1.45. The fourth-order valence-corrected chi connectivity index (χ4v) is 5.00. The van der Waals surface area contributed by atoms with Gasteiger partial charge in [-0.1, -0.05) is 12.1 Å². The highest BCUT2D eigenvalue weighted by Crippen LogP contribution is 2.32. The molecule has 2 aromatic carbocycles. The molecule has 0 radical (unpaired) electrons. The zero-order chi connectivity index (χ0) is 24.7. The molecule has 0 amide bonds. The number of carbonyl (C=O) groups excluding carboxylic acids is 2. The molecule has 0 N–H and O–H groups in total. The van der Waals surface area contributed by atoms with E-state index in [-0.39, 0.29) is 28.9 Å². The lowest BCUT2D eigenvalue weighted by Crippen LogP contribution is -2.30. The van der Waals surface area contributed by atoms with Crippen LogP contribution < -0.4 is 4.31 Å². The minimum absolute atomic E-state index is 0.0503. The van der Waals surface area contributed by atoms with E-state index < -0.39 is 46.9 Å². The molecule has 0 fully saturated rings. The number of hydrogen-bond donors (Lipinski definition) is 0. The van der Waals surface area contributed by atoms with Gasteiger partial charge >= 0.3 is 12.1 Å². The maximum atomic E-state index is 13.4. The summed E-state index contributed by atoms with van der Waals surface area (Å²) in [5.74, 6) is -2.87. The van der Waals surface area contributed by atoms with E-state index in [1.165, 1.54) is 40.7 Å². The van der Waals surface area contributed by atoms with Gasteiger partial charge < -0.3 is 9.30 Å². The summed E-state index contributed by atoms with van der Waals surface area (Å²) in [7, 11) is -3.43. The van der Waals surface area contributed by atoms with E-state index in [0.717, 1.165) is 0 Å². The van der Waals surface area contributed by atoms with Gasteiger partial charge in [0.15, 0.2) is 12.4 Å². The molecule has 2 heterocycles. The largest absolute Gasteiger partial charge is 0.456 e. The molecule has 180 valence electrons. The molecule has 0 atom stereocenters. The Morgan fingerprint density at radius 2 is 1.88 bits per heavy atom. The Labute approximate surface area is 193 Å². The molecule has 4 rings (SSSR count). The zero-order valence-corrected chi connectivity index (χ0v) is 18.8. The van der Waals surface area contributed by atoms with E-state index in [1.54, 1.807) is 13.0 Å². The molecular weight excluding hydrogens is 475 g/mol. The van der Waals surface area contributed by atoms with E-state index in [4.69, 9.17) is 4.74 Å². The SMILES string of the molecule is CCS(=O)(=O)N1CCc2cc(C(=O)COC(=O)Cn3c(C(F)(F)F)nc4ccccc43)ccc21. The highest BCUT2D eigenvalue weighted by Gasteiger charge is 2.38. The minimum Gasteiger partial charge on any atom is -0.456 e. The zero-order valence-electron chi connectivity index (χ0n) is 18.0. The number of para-hydroxylation sites is 2. The number of rotatable bonds is 7. The van der Waals surface area contributed by atoms with Crippen LogP contribution in [0.5, 0.6) is 0 Å². The molecule has 1 aliphatic heterocycles. The van der Waals surface area contributed by atoms with Crippen molar-refractivity contribution in [2.24, 2.45) is 0 Å².